The first kappa shape index (κ1) is 14.5. The highest BCUT2D eigenvalue weighted by Crippen LogP contribution is 2.17. The minimum Gasteiger partial charge on any atom is -0.508 e. The molecule has 0 spiro atoms. The zero-order chi connectivity index (χ0) is 13.5. The third-order valence-corrected chi connectivity index (χ3v) is 2.85. The van der Waals surface area contributed by atoms with Crippen LogP contribution in [0, 0.1) is 0 Å². The molecule has 2 atom stereocenters. The highest BCUT2D eigenvalue weighted by molar-refractivity contribution is 5.77. The molecule has 1 aromatic rings. The summed E-state index contributed by atoms with van der Waals surface area (Å²) in [6, 6.07) is 6.68. The third-order valence-electron chi connectivity index (χ3n) is 2.85. The van der Waals surface area contributed by atoms with E-state index in [0.717, 1.165) is 18.4 Å². The summed E-state index contributed by atoms with van der Waals surface area (Å²) in [7, 11) is 0. The molecular weight excluding hydrogens is 228 g/mol. The molecule has 4 heteroatoms. The summed E-state index contributed by atoms with van der Waals surface area (Å²) in [5.41, 5.74) is 6.70. The number of amides is 1. The van der Waals surface area contributed by atoms with Crippen molar-refractivity contribution in [1.29, 1.82) is 0 Å². The van der Waals surface area contributed by atoms with Crippen LogP contribution in [0.25, 0.3) is 0 Å². The fraction of sp³-hybridized carbons (Fsp3) is 0.500. The summed E-state index contributed by atoms with van der Waals surface area (Å²) in [4.78, 5) is 11.7. The molecule has 4 nitrogen and oxygen atoms in total. The smallest absolute Gasteiger partial charge is 0.222 e. The van der Waals surface area contributed by atoms with Crippen molar-refractivity contribution in [2.75, 3.05) is 0 Å². The van der Waals surface area contributed by atoms with Gasteiger partial charge in [-0.2, -0.15) is 0 Å². The van der Waals surface area contributed by atoms with E-state index in [-0.39, 0.29) is 23.7 Å². The minimum absolute atomic E-state index is 0.0493. The van der Waals surface area contributed by atoms with E-state index in [0.29, 0.717) is 6.42 Å². The number of hydrogen-bond donors (Lipinski definition) is 3. The lowest BCUT2D eigenvalue weighted by atomic mass is 10.1. The lowest BCUT2D eigenvalue weighted by Crippen LogP contribution is -2.33. The van der Waals surface area contributed by atoms with E-state index in [4.69, 9.17) is 5.73 Å². The maximum absolute atomic E-state index is 11.7. The Morgan fingerprint density at radius 1 is 1.50 bits per heavy atom. The van der Waals surface area contributed by atoms with Crippen LogP contribution in [0.1, 0.15) is 44.7 Å². The largest absolute Gasteiger partial charge is 0.508 e. The Morgan fingerprint density at radius 2 is 2.22 bits per heavy atom. The predicted octanol–water partition coefficient (Wildman–Crippen LogP) is 2.09. The first-order valence-corrected chi connectivity index (χ1v) is 6.36. The number of phenolic OH excluding ortho intramolecular Hbond substituents is 1. The van der Waals surface area contributed by atoms with Crippen molar-refractivity contribution in [3.8, 4) is 5.75 Å². The molecule has 100 valence electrons. The molecule has 0 saturated heterocycles. The SMILES string of the molecule is CCCC(N)CC(=O)NC(C)c1cccc(O)c1. The van der Waals surface area contributed by atoms with Crippen molar-refractivity contribution < 1.29 is 9.90 Å². The van der Waals surface area contributed by atoms with Gasteiger partial charge >= 0.3 is 0 Å². The molecule has 1 amide bonds. The van der Waals surface area contributed by atoms with Crippen molar-refractivity contribution in [3.63, 3.8) is 0 Å². The molecule has 0 heterocycles. The van der Waals surface area contributed by atoms with Gasteiger partial charge in [-0.15, -0.1) is 0 Å². The molecule has 1 rings (SSSR count). The van der Waals surface area contributed by atoms with E-state index in [1.165, 1.54) is 0 Å². The molecule has 4 N–H and O–H groups in total. The molecule has 18 heavy (non-hydrogen) atoms. The first-order chi connectivity index (χ1) is 8.52. The van der Waals surface area contributed by atoms with Gasteiger partial charge in [-0.05, 0) is 31.0 Å². The molecule has 0 bridgehead atoms. The van der Waals surface area contributed by atoms with Crippen molar-refractivity contribution in [3.05, 3.63) is 29.8 Å². The van der Waals surface area contributed by atoms with E-state index in [1.54, 1.807) is 18.2 Å². The Morgan fingerprint density at radius 3 is 2.83 bits per heavy atom. The third kappa shape index (κ3) is 4.75. The molecule has 0 radical (unpaired) electrons. The van der Waals surface area contributed by atoms with E-state index in [2.05, 4.69) is 5.32 Å². The van der Waals surface area contributed by atoms with Gasteiger partial charge in [-0.3, -0.25) is 4.79 Å². The molecule has 0 aliphatic heterocycles. The van der Waals surface area contributed by atoms with Gasteiger partial charge in [0.2, 0.25) is 5.91 Å². The summed E-state index contributed by atoms with van der Waals surface area (Å²) in [5, 5.41) is 12.3. The lowest BCUT2D eigenvalue weighted by Gasteiger charge is -2.16. The van der Waals surface area contributed by atoms with Gasteiger partial charge < -0.3 is 16.2 Å². The highest BCUT2D eigenvalue weighted by atomic mass is 16.3. The van der Waals surface area contributed by atoms with Gasteiger partial charge in [0.15, 0.2) is 0 Å². The van der Waals surface area contributed by atoms with Gasteiger partial charge in [0.25, 0.3) is 0 Å². The molecule has 0 fully saturated rings. The summed E-state index contributed by atoms with van der Waals surface area (Å²) < 4.78 is 0. The number of carbonyl (C=O) groups excluding carboxylic acids is 1. The number of carbonyl (C=O) groups is 1. The maximum Gasteiger partial charge on any atom is 0.222 e. The van der Waals surface area contributed by atoms with Crippen molar-refractivity contribution in [1.82, 2.24) is 5.32 Å². The van der Waals surface area contributed by atoms with Crippen LogP contribution in [0.2, 0.25) is 0 Å². The predicted molar refractivity (Wildman–Crippen MR) is 72.2 cm³/mol. The van der Waals surface area contributed by atoms with Crippen LogP contribution >= 0.6 is 0 Å². The van der Waals surface area contributed by atoms with Crippen LogP contribution in [-0.4, -0.2) is 17.1 Å². The Bertz CT molecular complexity index is 393. The zero-order valence-corrected chi connectivity index (χ0v) is 11.0. The quantitative estimate of drug-likeness (QED) is 0.723. The zero-order valence-electron chi connectivity index (χ0n) is 11.0. The summed E-state index contributed by atoms with van der Waals surface area (Å²) in [6.45, 7) is 3.94. The number of rotatable bonds is 6. The van der Waals surface area contributed by atoms with Crippen LogP contribution in [0.5, 0.6) is 5.75 Å². The summed E-state index contributed by atoms with van der Waals surface area (Å²) in [6.07, 6.45) is 2.18. The Labute approximate surface area is 108 Å². The van der Waals surface area contributed by atoms with Crippen molar-refractivity contribution >= 4 is 5.91 Å². The van der Waals surface area contributed by atoms with E-state index >= 15 is 0 Å². The number of phenols is 1. The van der Waals surface area contributed by atoms with Gasteiger partial charge in [0, 0.05) is 12.5 Å². The number of nitrogens with two attached hydrogens (primary N) is 1. The standard InChI is InChI=1S/C14H22N2O2/c1-3-5-12(15)9-14(18)16-10(2)11-6-4-7-13(17)8-11/h4,6-8,10,12,17H,3,5,9,15H2,1-2H3,(H,16,18). The average molecular weight is 250 g/mol. The van der Waals surface area contributed by atoms with Gasteiger partial charge in [0.05, 0.1) is 6.04 Å². The molecule has 0 aliphatic rings. The highest BCUT2D eigenvalue weighted by Gasteiger charge is 2.12. The second kappa shape index (κ2) is 7.01. The molecule has 0 saturated carbocycles. The van der Waals surface area contributed by atoms with Crippen LogP contribution in [0.4, 0.5) is 0 Å². The fourth-order valence-corrected chi connectivity index (χ4v) is 1.89. The van der Waals surface area contributed by atoms with E-state index in [1.807, 2.05) is 19.9 Å². The second-order valence-electron chi connectivity index (χ2n) is 4.64. The van der Waals surface area contributed by atoms with E-state index < -0.39 is 0 Å². The fourth-order valence-electron chi connectivity index (χ4n) is 1.89. The number of hydrogen-bond acceptors (Lipinski definition) is 3. The first-order valence-electron chi connectivity index (χ1n) is 6.36. The van der Waals surface area contributed by atoms with Crippen LogP contribution in [-0.2, 0) is 4.79 Å². The van der Waals surface area contributed by atoms with Crippen molar-refractivity contribution in [2.24, 2.45) is 5.73 Å². The normalized spacial score (nSPS) is 13.9. The summed E-state index contributed by atoms with van der Waals surface area (Å²) in [5.74, 6) is 0.156. The topological polar surface area (TPSA) is 75.4 Å². The monoisotopic (exact) mass is 250 g/mol. The van der Waals surface area contributed by atoms with Gasteiger partial charge in [-0.25, -0.2) is 0 Å². The van der Waals surface area contributed by atoms with Crippen LogP contribution in [0.15, 0.2) is 24.3 Å². The molecule has 1 aromatic carbocycles. The molecular formula is C14H22N2O2. The maximum atomic E-state index is 11.7. The summed E-state index contributed by atoms with van der Waals surface area (Å²) >= 11 is 0. The molecule has 0 aromatic heterocycles. The van der Waals surface area contributed by atoms with Gasteiger partial charge in [0.1, 0.15) is 5.75 Å². The molecule has 2 unspecified atom stereocenters. The van der Waals surface area contributed by atoms with E-state index in [9.17, 15) is 9.90 Å². The number of benzene rings is 1. The molecule has 0 aliphatic carbocycles. The van der Waals surface area contributed by atoms with Gasteiger partial charge in [-0.1, -0.05) is 25.5 Å². The average Bonchev–Trinajstić information content (AvgIpc) is 2.28. The minimum atomic E-state index is -0.126. The lowest BCUT2D eigenvalue weighted by molar-refractivity contribution is -0.122. The number of aromatic hydroxyl groups is 1. The van der Waals surface area contributed by atoms with Crippen LogP contribution < -0.4 is 11.1 Å². The second-order valence-corrected chi connectivity index (χ2v) is 4.64. The Hall–Kier alpha value is -1.55. The number of nitrogens with one attached hydrogen (secondary N) is 1. The van der Waals surface area contributed by atoms with Crippen LogP contribution in [0.3, 0.4) is 0 Å². The Balaban J connectivity index is 2.49. The van der Waals surface area contributed by atoms with Crippen molar-refractivity contribution in [2.45, 2.75) is 45.2 Å². The Kier molecular flexibility index (Phi) is 5.65.